The average Bonchev–Trinajstić information content (AvgIpc) is 2.69. The Hall–Kier alpha value is -1.00. The summed E-state index contributed by atoms with van der Waals surface area (Å²) >= 11 is 0. The standard InChI is InChI=1S/C14H20F2N2/c1-10(17-11-6-7-18(2)9-11)8-12-13(15)4-3-5-14(12)16/h3-5,10-11,17H,6-9H2,1-2H3. The van der Waals surface area contributed by atoms with Crippen LogP contribution >= 0.6 is 0 Å². The quantitative estimate of drug-likeness (QED) is 0.886. The highest BCUT2D eigenvalue weighted by atomic mass is 19.1. The predicted molar refractivity (Wildman–Crippen MR) is 68.6 cm³/mol. The average molecular weight is 254 g/mol. The maximum Gasteiger partial charge on any atom is 0.129 e. The minimum atomic E-state index is -0.452. The Labute approximate surface area is 107 Å². The van der Waals surface area contributed by atoms with E-state index in [2.05, 4.69) is 17.3 Å². The first kappa shape index (κ1) is 13.4. The molecular formula is C14H20F2N2. The van der Waals surface area contributed by atoms with Gasteiger partial charge >= 0.3 is 0 Å². The number of rotatable bonds is 4. The van der Waals surface area contributed by atoms with E-state index in [1.165, 1.54) is 18.2 Å². The van der Waals surface area contributed by atoms with E-state index in [4.69, 9.17) is 0 Å². The van der Waals surface area contributed by atoms with Crippen molar-refractivity contribution >= 4 is 0 Å². The molecule has 18 heavy (non-hydrogen) atoms. The number of nitrogens with one attached hydrogen (secondary N) is 1. The number of likely N-dealkylation sites (N-methyl/N-ethyl adjacent to an activating group) is 1. The fourth-order valence-electron chi connectivity index (χ4n) is 2.57. The molecule has 1 heterocycles. The van der Waals surface area contributed by atoms with E-state index in [0.29, 0.717) is 12.5 Å². The third kappa shape index (κ3) is 3.27. The van der Waals surface area contributed by atoms with Gasteiger partial charge in [-0.05, 0) is 45.5 Å². The van der Waals surface area contributed by atoms with Crippen molar-refractivity contribution < 1.29 is 8.78 Å². The molecule has 1 fully saturated rings. The summed E-state index contributed by atoms with van der Waals surface area (Å²) in [5.74, 6) is -0.903. The van der Waals surface area contributed by atoms with Gasteiger partial charge in [0.15, 0.2) is 0 Å². The molecule has 1 N–H and O–H groups in total. The summed E-state index contributed by atoms with van der Waals surface area (Å²) in [5.41, 5.74) is 0.184. The molecule has 0 amide bonds. The van der Waals surface area contributed by atoms with Crippen LogP contribution in [0.5, 0.6) is 0 Å². The van der Waals surface area contributed by atoms with Gasteiger partial charge in [0.1, 0.15) is 11.6 Å². The molecule has 1 aliphatic heterocycles. The van der Waals surface area contributed by atoms with Crippen LogP contribution in [0.1, 0.15) is 18.9 Å². The first-order valence-electron chi connectivity index (χ1n) is 6.43. The third-order valence-corrected chi connectivity index (χ3v) is 3.48. The van der Waals surface area contributed by atoms with E-state index < -0.39 is 11.6 Å². The molecule has 2 atom stereocenters. The Morgan fingerprint density at radius 2 is 2.06 bits per heavy atom. The second kappa shape index (κ2) is 5.76. The maximum atomic E-state index is 13.5. The van der Waals surface area contributed by atoms with Crippen LogP contribution in [0.25, 0.3) is 0 Å². The Bertz CT molecular complexity index is 389. The molecule has 0 aliphatic carbocycles. The highest BCUT2D eigenvalue weighted by molar-refractivity contribution is 5.20. The molecule has 0 saturated carbocycles. The van der Waals surface area contributed by atoms with Crippen LogP contribution in [0.4, 0.5) is 8.78 Å². The van der Waals surface area contributed by atoms with E-state index in [1.54, 1.807) is 0 Å². The van der Waals surface area contributed by atoms with Crippen molar-refractivity contribution in [3.05, 3.63) is 35.4 Å². The van der Waals surface area contributed by atoms with E-state index in [0.717, 1.165) is 19.5 Å². The van der Waals surface area contributed by atoms with E-state index in [9.17, 15) is 8.78 Å². The zero-order valence-corrected chi connectivity index (χ0v) is 10.9. The topological polar surface area (TPSA) is 15.3 Å². The third-order valence-electron chi connectivity index (χ3n) is 3.48. The summed E-state index contributed by atoms with van der Waals surface area (Å²) in [5, 5.41) is 3.44. The van der Waals surface area contributed by atoms with Gasteiger partial charge in [-0.15, -0.1) is 0 Å². The highest BCUT2D eigenvalue weighted by Crippen LogP contribution is 2.15. The second-order valence-electron chi connectivity index (χ2n) is 5.22. The smallest absolute Gasteiger partial charge is 0.129 e. The van der Waals surface area contributed by atoms with Gasteiger partial charge in [0.05, 0.1) is 0 Å². The largest absolute Gasteiger partial charge is 0.310 e. The van der Waals surface area contributed by atoms with Crippen molar-refractivity contribution in [3.63, 3.8) is 0 Å². The molecule has 2 unspecified atom stereocenters. The first-order chi connectivity index (χ1) is 8.56. The number of nitrogens with zero attached hydrogens (tertiary/aromatic N) is 1. The Balaban J connectivity index is 1.93. The van der Waals surface area contributed by atoms with Crippen molar-refractivity contribution in [1.29, 1.82) is 0 Å². The van der Waals surface area contributed by atoms with Crippen LogP contribution in [0, 0.1) is 11.6 Å². The first-order valence-corrected chi connectivity index (χ1v) is 6.43. The molecule has 0 bridgehead atoms. The van der Waals surface area contributed by atoms with Gasteiger partial charge in [0.2, 0.25) is 0 Å². The normalized spacial score (nSPS) is 22.3. The molecule has 2 rings (SSSR count). The molecule has 1 aromatic carbocycles. The van der Waals surface area contributed by atoms with E-state index in [1.807, 2.05) is 6.92 Å². The van der Waals surface area contributed by atoms with E-state index in [-0.39, 0.29) is 11.6 Å². The zero-order valence-electron chi connectivity index (χ0n) is 10.9. The summed E-state index contributed by atoms with van der Waals surface area (Å²) in [6, 6.07) is 4.54. The number of hydrogen-bond donors (Lipinski definition) is 1. The fraction of sp³-hybridized carbons (Fsp3) is 0.571. The van der Waals surface area contributed by atoms with Crippen LogP contribution in [-0.2, 0) is 6.42 Å². The van der Waals surface area contributed by atoms with Crippen LogP contribution in [0.3, 0.4) is 0 Å². The SMILES string of the molecule is CC(Cc1c(F)cccc1F)NC1CCN(C)C1. The van der Waals surface area contributed by atoms with Gasteiger partial charge in [-0.3, -0.25) is 0 Å². The zero-order chi connectivity index (χ0) is 13.1. The number of likely N-dealkylation sites (tertiary alicyclic amines) is 1. The molecule has 1 saturated heterocycles. The molecule has 0 spiro atoms. The van der Waals surface area contributed by atoms with E-state index >= 15 is 0 Å². The van der Waals surface area contributed by atoms with Gasteiger partial charge in [-0.2, -0.15) is 0 Å². The Morgan fingerprint density at radius 3 is 2.61 bits per heavy atom. The van der Waals surface area contributed by atoms with Crippen LogP contribution in [0.2, 0.25) is 0 Å². The molecule has 4 heteroatoms. The Kier molecular flexibility index (Phi) is 4.30. The number of benzene rings is 1. The number of hydrogen-bond acceptors (Lipinski definition) is 2. The molecule has 1 aromatic rings. The van der Waals surface area contributed by atoms with Crippen molar-refractivity contribution in [3.8, 4) is 0 Å². The molecule has 100 valence electrons. The molecular weight excluding hydrogens is 234 g/mol. The van der Waals surface area contributed by atoms with Crippen LogP contribution < -0.4 is 5.32 Å². The summed E-state index contributed by atoms with van der Waals surface area (Å²) in [6.45, 7) is 4.06. The van der Waals surface area contributed by atoms with Crippen LogP contribution in [-0.4, -0.2) is 37.1 Å². The maximum absolute atomic E-state index is 13.5. The van der Waals surface area contributed by atoms with Crippen molar-refractivity contribution in [2.24, 2.45) is 0 Å². The minimum absolute atomic E-state index is 0.0768. The lowest BCUT2D eigenvalue weighted by Gasteiger charge is -2.20. The van der Waals surface area contributed by atoms with Crippen molar-refractivity contribution in [1.82, 2.24) is 10.2 Å². The van der Waals surface area contributed by atoms with Gasteiger partial charge < -0.3 is 10.2 Å². The minimum Gasteiger partial charge on any atom is -0.310 e. The molecule has 0 aromatic heterocycles. The van der Waals surface area contributed by atoms with Crippen LogP contribution in [0.15, 0.2) is 18.2 Å². The predicted octanol–water partition coefficient (Wildman–Crippen LogP) is 2.19. The molecule has 1 aliphatic rings. The lowest BCUT2D eigenvalue weighted by Crippen LogP contribution is -2.39. The van der Waals surface area contributed by atoms with Gasteiger partial charge in [-0.1, -0.05) is 6.07 Å². The molecule has 2 nitrogen and oxygen atoms in total. The van der Waals surface area contributed by atoms with Crippen molar-refractivity contribution in [2.45, 2.75) is 31.8 Å². The highest BCUT2D eigenvalue weighted by Gasteiger charge is 2.21. The van der Waals surface area contributed by atoms with Crippen molar-refractivity contribution in [2.75, 3.05) is 20.1 Å². The summed E-state index contributed by atoms with van der Waals surface area (Å²) < 4.78 is 27.0. The fourth-order valence-corrected chi connectivity index (χ4v) is 2.57. The number of halogens is 2. The van der Waals surface area contributed by atoms with Gasteiger partial charge in [0.25, 0.3) is 0 Å². The van der Waals surface area contributed by atoms with Gasteiger partial charge in [0, 0.05) is 24.2 Å². The summed E-state index contributed by atoms with van der Waals surface area (Å²) in [7, 11) is 2.09. The summed E-state index contributed by atoms with van der Waals surface area (Å²) in [4.78, 5) is 2.26. The Morgan fingerprint density at radius 1 is 1.39 bits per heavy atom. The molecule has 0 radical (unpaired) electrons. The lowest BCUT2D eigenvalue weighted by atomic mass is 10.0. The second-order valence-corrected chi connectivity index (χ2v) is 5.22. The van der Waals surface area contributed by atoms with Gasteiger partial charge in [-0.25, -0.2) is 8.78 Å². The lowest BCUT2D eigenvalue weighted by molar-refractivity contribution is 0.382. The monoisotopic (exact) mass is 254 g/mol. The summed E-state index contributed by atoms with van der Waals surface area (Å²) in [6.07, 6.45) is 1.49.